The van der Waals surface area contributed by atoms with Gasteiger partial charge in [-0.2, -0.15) is 0 Å². The van der Waals surface area contributed by atoms with Gasteiger partial charge >= 0.3 is 0 Å². The van der Waals surface area contributed by atoms with Gasteiger partial charge in [-0.25, -0.2) is 0 Å². The largest absolute Gasteiger partial charge is 0.375 e. The first-order valence-electron chi connectivity index (χ1n) is 6.43. The molecule has 110 valence electrons. The second-order valence-corrected chi connectivity index (χ2v) is 5.79. The van der Waals surface area contributed by atoms with Crippen molar-refractivity contribution in [1.29, 1.82) is 0 Å². The molecule has 5 heteroatoms. The number of amides is 1. The zero-order chi connectivity index (χ0) is 15.2. The highest BCUT2D eigenvalue weighted by Crippen LogP contribution is 2.24. The number of hydrogen-bond acceptors (Lipinski definition) is 2. The monoisotopic (exact) mass is 367 g/mol. The molecule has 0 aliphatic rings. The fourth-order valence-corrected chi connectivity index (χ4v) is 2.47. The van der Waals surface area contributed by atoms with Crippen LogP contribution in [0.5, 0.6) is 0 Å². The molecule has 0 aliphatic carbocycles. The lowest BCUT2D eigenvalue weighted by atomic mass is 10.1. The minimum absolute atomic E-state index is 0.142. The van der Waals surface area contributed by atoms with Crippen molar-refractivity contribution >= 4 is 33.4 Å². The molecule has 0 saturated carbocycles. The number of halogens is 2. The van der Waals surface area contributed by atoms with Crippen LogP contribution < -0.4 is 5.32 Å². The molecule has 21 heavy (non-hydrogen) atoms. The number of carbonyl (C=O) groups is 1. The Balaban J connectivity index is 2.02. The Morgan fingerprint density at radius 3 is 2.52 bits per heavy atom. The van der Waals surface area contributed by atoms with Crippen LogP contribution in [0.1, 0.15) is 22.0 Å². The lowest BCUT2D eigenvalue weighted by Gasteiger charge is -2.17. The van der Waals surface area contributed by atoms with Gasteiger partial charge in [-0.15, -0.1) is 0 Å². The summed E-state index contributed by atoms with van der Waals surface area (Å²) < 4.78 is 6.35. The molecular weight excluding hydrogens is 354 g/mol. The molecule has 0 spiro atoms. The van der Waals surface area contributed by atoms with Crippen LogP contribution in [0.25, 0.3) is 0 Å². The first-order chi connectivity index (χ1) is 10.1. The average Bonchev–Trinajstić information content (AvgIpc) is 2.50. The molecule has 0 aromatic heterocycles. The molecule has 1 unspecified atom stereocenters. The molecule has 0 radical (unpaired) electrons. The van der Waals surface area contributed by atoms with E-state index in [0.29, 0.717) is 17.1 Å². The quantitative estimate of drug-likeness (QED) is 0.858. The summed E-state index contributed by atoms with van der Waals surface area (Å²) >= 11 is 9.49. The van der Waals surface area contributed by atoms with Crippen LogP contribution in [-0.2, 0) is 4.74 Å². The van der Waals surface area contributed by atoms with Gasteiger partial charge in [0.2, 0.25) is 0 Å². The van der Waals surface area contributed by atoms with Crippen LogP contribution in [-0.4, -0.2) is 19.6 Å². The Labute approximate surface area is 137 Å². The van der Waals surface area contributed by atoms with Gasteiger partial charge in [-0.3, -0.25) is 4.79 Å². The molecule has 1 atom stereocenters. The summed E-state index contributed by atoms with van der Waals surface area (Å²) in [6.45, 7) is 0.356. The number of hydrogen-bond donors (Lipinski definition) is 1. The molecule has 2 rings (SSSR count). The smallest absolute Gasteiger partial charge is 0.251 e. The highest BCUT2D eigenvalue weighted by atomic mass is 79.9. The maximum atomic E-state index is 12.1. The number of methoxy groups -OCH3 is 1. The zero-order valence-corrected chi connectivity index (χ0v) is 13.8. The highest BCUT2D eigenvalue weighted by Gasteiger charge is 2.15. The van der Waals surface area contributed by atoms with Crippen molar-refractivity contribution in [2.75, 3.05) is 13.7 Å². The lowest BCUT2D eigenvalue weighted by molar-refractivity contribution is 0.0828. The van der Waals surface area contributed by atoms with Gasteiger partial charge in [0.05, 0.1) is 0 Å². The van der Waals surface area contributed by atoms with Gasteiger partial charge in [0, 0.05) is 34.3 Å². The van der Waals surface area contributed by atoms with E-state index in [4.69, 9.17) is 16.3 Å². The van der Waals surface area contributed by atoms with E-state index in [-0.39, 0.29) is 12.0 Å². The third-order valence-corrected chi connectivity index (χ3v) is 3.96. The van der Waals surface area contributed by atoms with Crippen LogP contribution in [0, 0.1) is 0 Å². The summed E-state index contributed by atoms with van der Waals surface area (Å²) in [5, 5.41) is 3.48. The van der Waals surface area contributed by atoms with Crippen molar-refractivity contribution in [3.8, 4) is 0 Å². The van der Waals surface area contributed by atoms with E-state index in [0.717, 1.165) is 10.0 Å². The maximum Gasteiger partial charge on any atom is 0.251 e. The summed E-state index contributed by atoms with van der Waals surface area (Å²) in [7, 11) is 1.60. The van der Waals surface area contributed by atoms with E-state index in [2.05, 4.69) is 21.2 Å². The predicted molar refractivity (Wildman–Crippen MR) is 87.7 cm³/mol. The van der Waals surface area contributed by atoms with Crippen molar-refractivity contribution in [2.45, 2.75) is 6.10 Å². The molecular formula is C16H15BrClNO2. The molecule has 2 aromatic rings. The van der Waals surface area contributed by atoms with E-state index in [9.17, 15) is 4.79 Å². The van der Waals surface area contributed by atoms with Gasteiger partial charge in [0.15, 0.2) is 0 Å². The van der Waals surface area contributed by atoms with Gasteiger partial charge in [-0.1, -0.05) is 45.7 Å². The SMILES string of the molecule is COC(CNC(=O)c1ccc(Br)cc1)c1ccccc1Cl. The van der Waals surface area contributed by atoms with Crippen LogP contribution in [0.3, 0.4) is 0 Å². The summed E-state index contributed by atoms with van der Waals surface area (Å²) in [4.78, 5) is 12.1. The van der Waals surface area contributed by atoms with Crippen LogP contribution >= 0.6 is 27.5 Å². The predicted octanol–water partition coefficient (Wildman–Crippen LogP) is 4.22. The fraction of sp³-hybridized carbons (Fsp3) is 0.188. The normalized spacial score (nSPS) is 12.0. The Hall–Kier alpha value is -1.36. The van der Waals surface area contributed by atoms with Crippen molar-refractivity contribution in [3.63, 3.8) is 0 Å². The summed E-state index contributed by atoms with van der Waals surface area (Å²) in [5.74, 6) is -0.142. The number of carbonyl (C=O) groups excluding carboxylic acids is 1. The second kappa shape index (κ2) is 7.59. The van der Waals surface area contributed by atoms with E-state index in [1.54, 1.807) is 25.3 Å². The maximum absolute atomic E-state index is 12.1. The molecule has 0 saturated heterocycles. The van der Waals surface area contributed by atoms with Gasteiger partial charge in [0.1, 0.15) is 6.10 Å². The highest BCUT2D eigenvalue weighted by molar-refractivity contribution is 9.10. The Kier molecular flexibility index (Phi) is 5.79. The molecule has 0 bridgehead atoms. The van der Waals surface area contributed by atoms with Gasteiger partial charge in [0.25, 0.3) is 5.91 Å². The van der Waals surface area contributed by atoms with Crippen molar-refractivity contribution in [1.82, 2.24) is 5.32 Å². The first-order valence-corrected chi connectivity index (χ1v) is 7.60. The van der Waals surface area contributed by atoms with Crippen LogP contribution in [0.2, 0.25) is 5.02 Å². The van der Waals surface area contributed by atoms with E-state index in [1.165, 1.54) is 0 Å². The summed E-state index contributed by atoms with van der Waals surface area (Å²) in [6, 6.07) is 14.6. The number of rotatable bonds is 5. The summed E-state index contributed by atoms with van der Waals surface area (Å²) in [6.07, 6.45) is -0.280. The van der Waals surface area contributed by atoms with Crippen molar-refractivity contribution < 1.29 is 9.53 Å². The zero-order valence-electron chi connectivity index (χ0n) is 11.5. The van der Waals surface area contributed by atoms with Gasteiger partial charge < -0.3 is 10.1 Å². The Bertz CT molecular complexity index is 616. The standard InChI is InChI=1S/C16H15BrClNO2/c1-21-15(13-4-2-3-5-14(13)18)10-19-16(20)11-6-8-12(17)9-7-11/h2-9,15H,10H2,1H3,(H,19,20). The van der Waals surface area contributed by atoms with E-state index in [1.807, 2.05) is 30.3 Å². The molecule has 1 amide bonds. The third-order valence-electron chi connectivity index (χ3n) is 3.09. The number of nitrogens with one attached hydrogen (secondary N) is 1. The Morgan fingerprint density at radius 1 is 1.24 bits per heavy atom. The molecule has 0 fully saturated rings. The molecule has 1 N–H and O–H groups in total. The molecule has 2 aromatic carbocycles. The molecule has 3 nitrogen and oxygen atoms in total. The fourth-order valence-electron chi connectivity index (χ4n) is 1.95. The third kappa shape index (κ3) is 4.30. The minimum Gasteiger partial charge on any atom is -0.375 e. The van der Waals surface area contributed by atoms with Crippen molar-refractivity contribution in [2.24, 2.45) is 0 Å². The first kappa shape index (κ1) is 16.0. The second-order valence-electron chi connectivity index (χ2n) is 4.46. The van der Waals surface area contributed by atoms with Crippen LogP contribution in [0.15, 0.2) is 53.0 Å². The molecule has 0 aliphatic heterocycles. The van der Waals surface area contributed by atoms with Gasteiger partial charge in [-0.05, 0) is 30.3 Å². The van der Waals surface area contributed by atoms with Crippen LogP contribution in [0.4, 0.5) is 0 Å². The van der Waals surface area contributed by atoms with E-state index < -0.39 is 0 Å². The summed E-state index contributed by atoms with van der Waals surface area (Å²) in [5.41, 5.74) is 1.46. The topological polar surface area (TPSA) is 38.3 Å². The average molecular weight is 369 g/mol. The number of ether oxygens (including phenoxy) is 1. The number of benzene rings is 2. The van der Waals surface area contributed by atoms with Crippen molar-refractivity contribution in [3.05, 3.63) is 69.2 Å². The van der Waals surface area contributed by atoms with E-state index >= 15 is 0 Å². The molecule has 0 heterocycles. The lowest BCUT2D eigenvalue weighted by Crippen LogP contribution is -2.29. The minimum atomic E-state index is -0.280. The Morgan fingerprint density at radius 2 is 1.90 bits per heavy atom.